The highest BCUT2D eigenvalue weighted by molar-refractivity contribution is 7.91. The van der Waals surface area contributed by atoms with Crippen LogP contribution < -0.4 is 4.72 Å². The van der Waals surface area contributed by atoms with E-state index in [2.05, 4.69) is 4.72 Å². The van der Waals surface area contributed by atoms with Gasteiger partial charge >= 0.3 is 0 Å². The molecule has 1 aromatic rings. The van der Waals surface area contributed by atoms with Gasteiger partial charge in [0.2, 0.25) is 10.0 Å². The first-order valence-corrected chi connectivity index (χ1v) is 9.89. The van der Waals surface area contributed by atoms with E-state index in [1.54, 1.807) is 0 Å². The molecule has 1 heterocycles. The number of nitrogens with one attached hydrogen (secondary N) is 1. The maximum Gasteiger partial charge on any atom is 0.289 e. The Morgan fingerprint density at radius 3 is 2.64 bits per heavy atom. The number of hydrogen-bond acceptors (Lipinski definition) is 6. The molecule has 0 radical (unpaired) electrons. The van der Waals surface area contributed by atoms with E-state index >= 15 is 0 Å². The minimum atomic E-state index is -4.17. The summed E-state index contributed by atoms with van der Waals surface area (Å²) in [5, 5.41) is 11.0. The first-order chi connectivity index (χ1) is 10.1. The Hall–Kier alpha value is -1.52. The molecular weight excluding hydrogens is 332 g/mol. The van der Waals surface area contributed by atoms with Crippen LogP contribution in [-0.2, 0) is 19.9 Å². The number of nitro groups is 1. The van der Waals surface area contributed by atoms with Crippen molar-refractivity contribution in [3.05, 3.63) is 33.9 Å². The average Bonchev–Trinajstić information content (AvgIpc) is 2.36. The van der Waals surface area contributed by atoms with Crippen molar-refractivity contribution in [1.82, 2.24) is 4.72 Å². The van der Waals surface area contributed by atoms with Crippen LogP contribution in [0.2, 0.25) is 0 Å². The highest BCUT2D eigenvalue weighted by atomic mass is 32.2. The summed E-state index contributed by atoms with van der Waals surface area (Å²) < 4.78 is 50.4. The molecule has 10 heteroatoms. The summed E-state index contributed by atoms with van der Waals surface area (Å²) in [5.41, 5.74) is -0.286. The van der Waals surface area contributed by atoms with Gasteiger partial charge in [-0.15, -0.1) is 0 Å². The fourth-order valence-corrected chi connectivity index (χ4v) is 5.93. The largest absolute Gasteiger partial charge is 0.289 e. The van der Waals surface area contributed by atoms with Gasteiger partial charge in [0.05, 0.1) is 16.4 Å². The standard InChI is InChI=1S/C12H16N2O6S2/c1-9-4-2-6-11(14(15)16)12(9)22(19,20)13-10-5-3-7-21(17,18)8-10/h2,4,6,10,13H,3,5,7-8H2,1H3/t10-/m1/s1. The van der Waals surface area contributed by atoms with Gasteiger partial charge in [-0.2, -0.15) is 0 Å². The summed E-state index contributed by atoms with van der Waals surface area (Å²) in [6, 6.07) is 3.21. The molecule has 2 rings (SSSR count). The lowest BCUT2D eigenvalue weighted by Crippen LogP contribution is -2.43. The predicted octanol–water partition coefficient (Wildman–Crippen LogP) is 0.759. The van der Waals surface area contributed by atoms with Gasteiger partial charge in [0.15, 0.2) is 14.7 Å². The van der Waals surface area contributed by atoms with Gasteiger partial charge in [-0.3, -0.25) is 10.1 Å². The van der Waals surface area contributed by atoms with E-state index in [-0.39, 0.29) is 17.1 Å². The number of aryl methyl sites for hydroxylation is 1. The Labute approximate surface area is 128 Å². The molecule has 0 saturated carbocycles. The Kier molecular flexibility index (Phi) is 4.54. The minimum absolute atomic E-state index is 0.0374. The lowest BCUT2D eigenvalue weighted by atomic mass is 10.2. The third-order valence-corrected chi connectivity index (χ3v) is 6.97. The third-order valence-electron chi connectivity index (χ3n) is 3.44. The molecule has 22 heavy (non-hydrogen) atoms. The second-order valence-electron chi connectivity index (χ2n) is 5.26. The third kappa shape index (κ3) is 3.62. The topological polar surface area (TPSA) is 123 Å². The van der Waals surface area contributed by atoms with Crippen LogP contribution in [0.4, 0.5) is 5.69 Å². The average molecular weight is 348 g/mol. The molecule has 1 aromatic carbocycles. The van der Waals surface area contributed by atoms with Crippen LogP contribution in [0.1, 0.15) is 18.4 Å². The molecule has 1 fully saturated rings. The smallest absolute Gasteiger partial charge is 0.258 e. The van der Waals surface area contributed by atoms with Gasteiger partial charge in [-0.25, -0.2) is 21.6 Å². The number of benzene rings is 1. The molecule has 1 atom stereocenters. The van der Waals surface area contributed by atoms with E-state index in [0.717, 1.165) is 6.07 Å². The van der Waals surface area contributed by atoms with Crippen molar-refractivity contribution in [2.75, 3.05) is 11.5 Å². The fraction of sp³-hybridized carbons (Fsp3) is 0.500. The normalized spacial score (nSPS) is 21.4. The summed E-state index contributed by atoms with van der Waals surface area (Å²) in [6.45, 7) is 1.46. The molecule has 1 aliphatic heterocycles. The predicted molar refractivity (Wildman–Crippen MR) is 79.8 cm³/mol. The van der Waals surface area contributed by atoms with Gasteiger partial charge < -0.3 is 0 Å². The molecular formula is C12H16N2O6S2. The Morgan fingerprint density at radius 2 is 2.05 bits per heavy atom. The van der Waals surface area contributed by atoms with Gasteiger partial charge in [0.25, 0.3) is 5.69 Å². The summed E-state index contributed by atoms with van der Waals surface area (Å²) in [7, 11) is -7.46. The van der Waals surface area contributed by atoms with E-state index in [9.17, 15) is 26.9 Å². The van der Waals surface area contributed by atoms with Crippen LogP contribution in [-0.4, -0.2) is 39.3 Å². The van der Waals surface area contributed by atoms with Gasteiger partial charge in [-0.05, 0) is 25.3 Å². The second kappa shape index (κ2) is 5.94. The van der Waals surface area contributed by atoms with Crippen LogP contribution in [0, 0.1) is 17.0 Å². The van der Waals surface area contributed by atoms with Crippen molar-refractivity contribution in [2.45, 2.75) is 30.7 Å². The van der Waals surface area contributed by atoms with E-state index in [1.807, 2.05) is 0 Å². The summed E-state index contributed by atoms with van der Waals surface area (Å²) in [4.78, 5) is 9.85. The Bertz CT molecular complexity index is 801. The van der Waals surface area contributed by atoms with E-state index in [4.69, 9.17) is 0 Å². The van der Waals surface area contributed by atoms with Gasteiger partial charge in [-0.1, -0.05) is 12.1 Å². The molecule has 0 amide bonds. The van der Waals surface area contributed by atoms with Crippen molar-refractivity contribution in [3.63, 3.8) is 0 Å². The number of sulfone groups is 1. The van der Waals surface area contributed by atoms with Crippen LogP contribution in [0.15, 0.2) is 23.1 Å². The van der Waals surface area contributed by atoms with Crippen LogP contribution in [0.5, 0.6) is 0 Å². The van der Waals surface area contributed by atoms with E-state index in [0.29, 0.717) is 12.8 Å². The van der Waals surface area contributed by atoms with Crippen molar-refractivity contribution in [3.8, 4) is 0 Å². The highest BCUT2D eigenvalue weighted by Crippen LogP contribution is 2.27. The van der Waals surface area contributed by atoms with Gasteiger partial charge in [0.1, 0.15) is 0 Å². The zero-order chi connectivity index (χ0) is 16.5. The molecule has 1 saturated heterocycles. The first-order valence-electron chi connectivity index (χ1n) is 6.59. The lowest BCUT2D eigenvalue weighted by Gasteiger charge is -2.23. The minimum Gasteiger partial charge on any atom is -0.258 e. The first kappa shape index (κ1) is 16.8. The van der Waals surface area contributed by atoms with Crippen molar-refractivity contribution >= 4 is 25.5 Å². The van der Waals surface area contributed by atoms with Crippen LogP contribution in [0.3, 0.4) is 0 Å². The van der Waals surface area contributed by atoms with Crippen molar-refractivity contribution in [1.29, 1.82) is 0 Å². The number of hydrogen-bond donors (Lipinski definition) is 1. The lowest BCUT2D eigenvalue weighted by molar-refractivity contribution is -0.387. The number of rotatable bonds is 4. The van der Waals surface area contributed by atoms with E-state index in [1.165, 1.54) is 19.1 Å². The van der Waals surface area contributed by atoms with E-state index < -0.39 is 41.4 Å². The zero-order valence-electron chi connectivity index (χ0n) is 11.9. The maximum absolute atomic E-state index is 12.4. The number of nitrogens with zero attached hydrogens (tertiary/aromatic N) is 1. The molecule has 0 aromatic heterocycles. The molecule has 1 N–H and O–H groups in total. The SMILES string of the molecule is Cc1cccc([N+](=O)[O-])c1S(=O)(=O)N[C@@H]1CCCS(=O)(=O)C1. The van der Waals surface area contributed by atoms with Crippen molar-refractivity contribution < 1.29 is 21.8 Å². The summed E-state index contributed by atoms with van der Waals surface area (Å²) in [5.74, 6) is -0.248. The maximum atomic E-state index is 12.4. The molecule has 122 valence electrons. The number of sulfonamides is 1. The Balaban J connectivity index is 2.38. The fourth-order valence-electron chi connectivity index (χ4n) is 2.52. The van der Waals surface area contributed by atoms with Crippen LogP contribution in [0.25, 0.3) is 0 Å². The molecule has 1 aliphatic rings. The molecule has 0 aliphatic carbocycles. The molecule has 0 spiro atoms. The summed E-state index contributed by atoms with van der Waals surface area (Å²) >= 11 is 0. The quantitative estimate of drug-likeness (QED) is 0.633. The zero-order valence-corrected chi connectivity index (χ0v) is 13.5. The highest BCUT2D eigenvalue weighted by Gasteiger charge is 2.33. The summed E-state index contributed by atoms with van der Waals surface area (Å²) in [6.07, 6.45) is 0.753. The number of nitro benzene ring substituents is 1. The van der Waals surface area contributed by atoms with Crippen LogP contribution >= 0.6 is 0 Å². The Morgan fingerprint density at radius 1 is 1.36 bits per heavy atom. The second-order valence-corrected chi connectivity index (χ2v) is 9.13. The monoisotopic (exact) mass is 348 g/mol. The van der Waals surface area contributed by atoms with Gasteiger partial charge in [0, 0.05) is 12.1 Å². The van der Waals surface area contributed by atoms with Crippen molar-refractivity contribution in [2.24, 2.45) is 0 Å². The molecule has 0 unspecified atom stereocenters. The molecule has 8 nitrogen and oxygen atoms in total. The molecule has 0 bridgehead atoms.